The molecule has 0 unspecified atom stereocenters. The van der Waals surface area contributed by atoms with E-state index in [2.05, 4.69) is 43.1 Å². The number of amides is 1. The third-order valence-corrected chi connectivity index (χ3v) is 5.22. The van der Waals surface area contributed by atoms with E-state index in [0.29, 0.717) is 24.2 Å². The minimum absolute atomic E-state index is 0.0438. The van der Waals surface area contributed by atoms with Crippen molar-refractivity contribution in [1.29, 1.82) is 0 Å². The molecular formula is C24H36N4O4. The quantitative estimate of drug-likeness (QED) is 0.698. The molecule has 1 aliphatic heterocycles. The minimum Gasteiger partial charge on any atom is -0.444 e. The van der Waals surface area contributed by atoms with Crippen LogP contribution in [0.3, 0.4) is 0 Å². The zero-order valence-electron chi connectivity index (χ0n) is 20.2. The maximum absolute atomic E-state index is 11.8. The molecule has 8 heteroatoms. The summed E-state index contributed by atoms with van der Waals surface area (Å²) in [6, 6.07) is 7.79. The third-order valence-electron chi connectivity index (χ3n) is 5.22. The molecular weight excluding hydrogens is 408 g/mol. The summed E-state index contributed by atoms with van der Waals surface area (Å²) in [6.07, 6.45) is -0.0932. The summed E-state index contributed by atoms with van der Waals surface area (Å²) >= 11 is 0. The number of nitrogens with one attached hydrogen (secondary N) is 1. The molecule has 1 aromatic carbocycles. The number of morpholine rings is 1. The average molecular weight is 445 g/mol. The fraction of sp³-hybridized carbons (Fsp3) is 0.625. The number of hydrogen-bond donors (Lipinski definition) is 1. The molecule has 3 atom stereocenters. The van der Waals surface area contributed by atoms with Crippen molar-refractivity contribution in [2.45, 2.75) is 78.9 Å². The third kappa shape index (κ3) is 6.53. The van der Waals surface area contributed by atoms with E-state index in [0.717, 1.165) is 24.2 Å². The van der Waals surface area contributed by atoms with Gasteiger partial charge in [-0.25, -0.2) is 4.79 Å². The fourth-order valence-corrected chi connectivity index (χ4v) is 4.04. The van der Waals surface area contributed by atoms with Gasteiger partial charge in [0.15, 0.2) is 0 Å². The molecule has 32 heavy (non-hydrogen) atoms. The van der Waals surface area contributed by atoms with Gasteiger partial charge in [-0.1, -0.05) is 43.3 Å². The summed E-state index contributed by atoms with van der Waals surface area (Å²) in [4.78, 5) is 18.9. The second-order valence-corrected chi connectivity index (χ2v) is 9.91. The van der Waals surface area contributed by atoms with Crippen molar-refractivity contribution in [3.8, 4) is 11.4 Å². The van der Waals surface area contributed by atoms with Gasteiger partial charge in [0.2, 0.25) is 11.7 Å². The van der Waals surface area contributed by atoms with Crippen molar-refractivity contribution in [3.63, 3.8) is 0 Å². The molecule has 0 saturated carbocycles. The molecule has 2 heterocycles. The van der Waals surface area contributed by atoms with Gasteiger partial charge >= 0.3 is 6.09 Å². The Morgan fingerprint density at radius 1 is 1.19 bits per heavy atom. The summed E-state index contributed by atoms with van der Waals surface area (Å²) < 4.78 is 16.9. The van der Waals surface area contributed by atoms with Gasteiger partial charge in [0.25, 0.3) is 0 Å². The van der Waals surface area contributed by atoms with E-state index in [1.165, 1.54) is 0 Å². The lowest BCUT2D eigenvalue weighted by Gasteiger charge is -2.40. The van der Waals surface area contributed by atoms with Crippen LogP contribution in [-0.4, -0.2) is 52.0 Å². The summed E-state index contributed by atoms with van der Waals surface area (Å²) in [5.74, 6) is 1.51. The van der Waals surface area contributed by atoms with Gasteiger partial charge < -0.3 is 19.3 Å². The highest BCUT2D eigenvalue weighted by Crippen LogP contribution is 2.31. The SMILES string of the molecule is CC(C)[C@@H](c1nc(-c2ccc(CNC(=O)OC(C)(C)C)cc2)no1)N1C[C@@H](C)O[C@@H](C)C1. The highest BCUT2D eigenvalue weighted by atomic mass is 16.6. The maximum atomic E-state index is 11.8. The highest BCUT2D eigenvalue weighted by Gasteiger charge is 2.34. The van der Waals surface area contributed by atoms with Gasteiger partial charge in [-0.15, -0.1) is 0 Å². The number of carbonyl (C=O) groups is 1. The van der Waals surface area contributed by atoms with E-state index >= 15 is 0 Å². The molecule has 8 nitrogen and oxygen atoms in total. The van der Waals surface area contributed by atoms with E-state index in [4.69, 9.17) is 19.0 Å². The molecule has 1 aliphatic rings. The number of nitrogens with zero attached hydrogens (tertiary/aromatic N) is 3. The Morgan fingerprint density at radius 2 is 1.81 bits per heavy atom. The van der Waals surface area contributed by atoms with Crippen LogP contribution >= 0.6 is 0 Å². The molecule has 176 valence electrons. The molecule has 1 fully saturated rings. The number of hydrogen-bond acceptors (Lipinski definition) is 7. The summed E-state index contributed by atoms with van der Waals surface area (Å²) in [7, 11) is 0. The highest BCUT2D eigenvalue weighted by molar-refractivity contribution is 5.67. The molecule has 0 radical (unpaired) electrons. The largest absolute Gasteiger partial charge is 0.444 e. The van der Waals surface area contributed by atoms with Crippen LogP contribution in [0.25, 0.3) is 11.4 Å². The Bertz CT molecular complexity index is 878. The molecule has 0 bridgehead atoms. The summed E-state index contributed by atoms with van der Waals surface area (Å²) in [5, 5.41) is 7.00. The Kier molecular flexibility index (Phi) is 7.56. The molecule has 3 rings (SSSR count). The van der Waals surface area contributed by atoms with E-state index < -0.39 is 11.7 Å². The molecule has 1 aromatic heterocycles. The first-order valence-corrected chi connectivity index (χ1v) is 11.3. The molecule has 1 N–H and O–H groups in total. The van der Waals surface area contributed by atoms with Gasteiger partial charge in [0, 0.05) is 25.2 Å². The van der Waals surface area contributed by atoms with Crippen molar-refractivity contribution in [3.05, 3.63) is 35.7 Å². The van der Waals surface area contributed by atoms with Crippen LogP contribution in [0.4, 0.5) is 4.79 Å². The molecule has 2 aromatic rings. The van der Waals surface area contributed by atoms with Crippen LogP contribution in [0, 0.1) is 5.92 Å². The Balaban J connectivity index is 1.67. The predicted molar refractivity (Wildman–Crippen MR) is 122 cm³/mol. The normalized spacial score (nSPS) is 20.9. The standard InChI is InChI=1S/C24H36N4O4/c1-15(2)20(28-13-16(3)30-17(4)14-28)22-26-21(27-32-22)19-10-8-18(9-11-19)12-25-23(29)31-24(5,6)7/h8-11,15-17,20H,12-14H2,1-7H3,(H,25,29)/t16-,17+,20-/m0/s1. The Morgan fingerprint density at radius 3 is 2.38 bits per heavy atom. The first kappa shape index (κ1) is 24.2. The van der Waals surface area contributed by atoms with E-state index in [1.54, 1.807) is 0 Å². The first-order valence-electron chi connectivity index (χ1n) is 11.3. The lowest BCUT2D eigenvalue weighted by molar-refractivity contribution is -0.0899. The molecule has 0 spiro atoms. The van der Waals surface area contributed by atoms with Crippen LogP contribution in [0.2, 0.25) is 0 Å². The Labute approximate surface area is 190 Å². The number of ether oxygens (including phenoxy) is 2. The first-order chi connectivity index (χ1) is 15.0. The van der Waals surface area contributed by atoms with Crippen molar-refractivity contribution >= 4 is 6.09 Å². The van der Waals surface area contributed by atoms with Crippen LogP contribution in [-0.2, 0) is 16.0 Å². The topological polar surface area (TPSA) is 89.7 Å². The second-order valence-electron chi connectivity index (χ2n) is 9.91. The smallest absolute Gasteiger partial charge is 0.407 e. The molecule has 1 saturated heterocycles. The monoisotopic (exact) mass is 444 g/mol. The Hall–Kier alpha value is -2.45. The van der Waals surface area contributed by atoms with E-state index in [-0.39, 0.29) is 18.2 Å². The van der Waals surface area contributed by atoms with Crippen LogP contribution in [0.1, 0.15) is 66.0 Å². The minimum atomic E-state index is -0.518. The predicted octanol–water partition coefficient (Wildman–Crippen LogP) is 4.57. The summed E-state index contributed by atoms with van der Waals surface area (Å²) in [5.41, 5.74) is 1.31. The van der Waals surface area contributed by atoms with Crippen molar-refractivity contribution in [2.75, 3.05) is 13.1 Å². The molecule has 1 amide bonds. The van der Waals surface area contributed by atoms with Crippen LogP contribution in [0.5, 0.6) is 0 Å². The lowest BCUT2D eigenvalue weighted by Crippen LogP contribution is -2.48. The zero-order chi connectivity index (χ0) is 23.5. The van der Waals surface area contributed by atoms with Crippen molar-refractivity contribution in [1.82, 2.24) is 20.4 Å². The van der Waals surface area contributed by atoms with Gasteiger partial charge in [-0.05, 0) is 46.1 Å². The zero-order valence-corrected chi connectivity index (χ0v) is 20.2. The van der Waals surface area contributed by atoms with Crippen molar-refractivity contribution < 1.29 is 18.8 Å². The molecule has 0 aliphatic carbocycles. The number of carbonyl (C=O) groups excluding carboxylic acids is 1. The number of rotatable bonds is 6. The number of alkyl carbamates (subject to hydrolysis) is 1. The van der Waals surface area contributed by atoms with Gasteiger partial charge in [-0.3, -0.25) is 4.90 Å². The fourth-order valence-electron chi connectivity index (χ4n) is 4.04. The maximum Gasteiger partial charge on any atom is 0.407 e. The van der Waals surface area contributed by atoms with Gasteiger partial charge in [0.1, 0.15) is 5.60 Å². The average Bonchev–Trinajstić information content (AvgIpc) is 3.14. The number of aromatic nitrogens is 2. The number of benzene rings is 1. The van der Waals surface area contributed by atoms with Gasteiger partial charge in [0.05, 0.1) is 18.2 Å². The van der Waals surface area contributed by atoms with E-state index in [1.807, 2.05) is 45.0 Å². The second kappa shape index (κ2) is 10.0. The van der Waals surface area contributed by atoms with Gasteiger partial charge in [-0.2, -0.15) is 4.98 Å². The summed E-state index contributed by atoms with van der Waals surface area (Å²) in [6.45, 7) is 16.1. The van der Waals surface area contributed by atoms with E-state index in [9.17, 15) is 4.79 Å². The van der Waals surface area contributed by atoms with Crippen LogP contribution in [0.15, 0.2) is 28.8 Å². The van der Waals surface area contributed by atoms with Crippen LogP contribution < -0.4 is 5.32 Å². The lowest BCUT2D eigenvalue weighted by atomic mass is 10.0. The van der Waals surface area contributed by atoms with Crippen molar-refractivity contribution in [2.24, 2.45) is 5.92 Å².